The van der Waals surface area contributed by atoms with Crippen molar-refractivity contribution in [1.82, 2.24) is 0 Å². The zero-order valence-corrected chi connectivity index (χ0v) is 9.01. The van der Waals surface area contributed by atoms with E-state index >= 15 is 0 Å². The summed E-state index contributed by atoms with van der Waals surface area (Å²) in [6, 6.07) is 0. The third kappa shape index (κ3) is 19.8. The summed E-state index contributed by atoms with van der Waals surface area (Å²) >= 11 is 1.55. The Kier molecular flexibility index (Phi) is 3.75. The van der Waals surface area contributed by atoms with Crippen molar-refractivity contribution in [2.24, 2.45) is 0 Å². The average Bonchev–Trinajstić information content (AvgIpc) is 2.32. The third-order valence-electron chi connectivity index (χ3n) is 0.646. The first-order chi connectivity index (χ1) is 6.38. The van der Waals surface area contributed by atoms with Crippen LogP contribution in [0.5, 0.6) is 0 Å². The van der Waals surface area contributed by atoms with E-state index in [2.05, 4.69) is 0 Å². The summed E-state index contributed by atoms with van der Waals surface area (Å²) in [4.78, 5) is 0. The molecule has 0 radical (unpaired) electrons. The zero-order valence-electron chi connectivity index (χ0n) is 7.30. The molecule has 10 heteroatoms. The first kappa shape index (κ1) is 14.6. The molecule has 0 aliphatic heterocycles. The Hall–Kier alpha value is -0.430. The molecular weight excluding hydrogens is 269 g/mol. The van der Waals surface area contributed by atoms with Crippen LogP contribution in [-0.2, 0) is 0 Å². The average molecular weight is 276 g/mol. The Morgan fingerprint density at radius 2 is 1.73 bits per heavy atom. The molecule has 0 atom stereocenters. The summed E-state index contributed by atoms with van der Waals surface area (Å²) in [7, 11) is -10.7. The van der Waals surface area contributed by atoms with Gasteiger partial charge in [-0.25, -0.2) is 0 Å². The van der Waals surface area contributed by atoms with Gasteiger partial charge in [-0.1, -0.05) is 6.92 Å². The van der Waals surface area contributed by atoms with Crippen molar-refractivity contribution in [1.29, 1.82) is 0 Å². The Morgan fingerprint density at radius 3 is 2.00 bits per heavy atom. The minimum absolute atomic E-state index is 0.632. The monoisotopic (exact) mass is 276 g/mol. The molecule has 1 aromatic heterocycles. The maximum atomic E-state index is 9.87. The van der Waals surface area contributed by atoms with Crippen molar-refractivity contribution in [2.75, 3.05) is 5.75 Å². The molecule has 0 unspecified atom stereocenters. The van der Waals surface area contributed by atoms with Gasteiger partial charge in [-0.2, -0.15) is 0 Å². The number of rotatable bonds is 2. The Bertz CT molecular complexity index is 280. The second kappa shape index (κ2) is 3.86. The van der Waals surface area contributed by atoms with Crippen molar-refractivity contribution < 1.29 is 34.0 Å². The summed E-state index contributed by atoms with van der Waals surface area (Å²) < 4.78 is 68.9. The van der Waals surface area contributed by atoms with Crippen LogP contribution in [0.25, 0.3) is 0 Å². The minimum atomic E-state index is -10.7. The van der Waals surface area contributed by atoms with Gasteiger partial charge in [0.25, 0.3) is 12.5 Å². The van der Waals surface area contributed by atoms with Crippen molar-refractivity contribution in [2.45, 2.75) is 12.2 Å². The predicted octanol–water partition coefficient (Wildman–Crippen LogP) is 5.65. The summed E-state index contributed by atoms with van der Waals surface area (Å²) in [5.41, 5.74) is 0. The Morgan fingerprint density at radius 1 is 1.27 bits per heavy atom. The van der Waals surface area contributed by atoms with Crippen LogP contribution in [0.15, 0.2) is 26.6 Å². The van der Waals surface area contributed by atoms with Crippen molar-refractivity contribution in [3.05, 3.63) is 12.5 Å². The molecule has 0 fully saturated rings. The van der Waals surface area contributed by atoms with Gasteiger partial charge in [0, 0.05) is 17.5 Å². The van der Waals surface area contributed by atoms with Crippen molar-refractivity contribution >= 4 is 19.6 Å². The van der Waals surface area contributed by atoms with Gasteiger partial charge in [0.15, 0.2) is 0 Å². The standard InChI is InChI=1S/C5H7O2S.F6P/c1-2-8-5-6-3-4-7-5;1-7(2,3,4,5)6/h3-4H,2H2,1H3;/q+1;-1. The number of hydrogen-bond acceptors (Lipinski definition) is 2. The van der Waals surface area contributed by atoms with E-state index in [1.54, 1.807) is 11.8 Å². The van der Waals surface area contributed by atoms with Crippen LogP contribution in [0, 0.1) is 0 Å². The first-order valence-corrected chi connectivity index (χ1v) is 6.44. The topological polar surface area (TPSA) is 24.4 Å². The summed E-state index contributed by atoms with van der Waals surface area (Å²) in [6.45, 7) is 2.04. The van der Waals surface area contributed by atoms with E-state index in [1.165, 1.54) is 12.5 Å². The molecule has 1 rings (SSSR count). The molecule has 0 bridgehead atoms. The molecule has 2 nitrogen and oxygen atoms in total. The third-order valence-corrected chi connectivity index (χ3v) is 1.36. The molecule has 0 N–H and O–H groups in total. The van der Waals surface area contributed by atoms with Gasteiger partial charge in [-0.15, -0.1) is 0 Å². The van der Waals surface area contributed by atoms with E-state index in [1.807, 2.05) is 6.92 Å². The van der Waals surface area contributed by atoms with Gasteiger partial charge < -0.3 is 0 Å². The van der Waals surface area contributed by atoms with E-state index in [0.717, 1.165) is 5.75 Å². The number of hydrogen-bond donors (Lipinski definition) is 0. The molecule has 92 valence electrons. The van der Waals surface area contributed by atoms with Crippen molar-refractivity contribution in [3.63, 3.8) is 0 Å². The number of thioether (sulfide) groups is 1. The number of halogens is 6. The van der Waals surface area contributed by atoms with E-state index in [9.17, 15) is 25.2 Å². The van der Waals surface area contributed by atoms with E-state index in [0.29, 0.717) is 5.29 Å². The molecule has 0 spiro atoms. The van der Waals surface area contributed by atoms with Gasteiger partial charge in [-0.05, 0) is 0 Å². The molecule has 0 aromatic carbocycles. The quantitative estimate of drug-likeness (QED) is 0.302. The summed E-state index contributed by atoms with van der Waals surface area (Å²) in [6.07, 6.45) is 3.05. The maximum absolute atomic E-state index is 10.7. The fraction of sp³-hybridized carbons (Fsp3) is 0.400. The van der Waals surface area contributed by atoms with Crippen LogP contribution < -0.4 is 0 Å². The molecule has 0 aliphatic rings. The molecule has 0 amide bonds. The second-order valence-corrected chi connectivity index (χ2v) is 5.27. The van der Waals surface area contributed by atoms with E-state index in [-0.39, 0.29) is 0 Å². The molecule has 15 heavy (non-hydrogen) atoms. The molecule has 1 aromatic rings. The summed E-state index contributed by atoms with van der Waals surface area (Å²) in [5, 5.41) is 0.632. The van der Waals surface area contributed by atoms with Gasteiger partial charge in [0.05, 0.1) is 0 Å². The molecule has 0 aliphatic carbocycles. The van der Waals surface area contributed by atoms with Crippen LogP contribution in [0.3, 0.4) is 0 Å². The fourth-order valence-electron chi connectivity index (χ4n) is 0.380. The molecule has 0 saturated carbocycles. The van der Waals surface area contributed by atoms with Gasteiger partial charge in [0.1, 0.15) is 0 Å². The SMILES string of the molecule is CCSc1occ[o+]1.F[P-](F)(F)(F)(F)F. The van der Waals surface area contributed by atoms with E-state index < -0.39 is 7.81 Å². The zero-order chi connectivity index (χ0) is 12.2. The second-order valence-electron chi connectivity index (χ2n) is 2.15. The van der Waals surface area contributed by atoms with E-state index in [4.69, 9.17) is 8.83 Å². The van der Waals surface area contributed by atoms with Crippen LogP contribution in [0.1, 0.15) is 6.92 Å². The Balaban J connectivity index is 0.000000265. The van der Waals surface area contributed by atoms with Crippen LogP contribution in [0.4, 0.5) is 25.2 Å². The van der Waals surface area contributed by atoms with Crippen molar-refractivity contribution in [3.8, 4) is 0 Å². The van der Waals surface area contributed by atoms with Gasteiger partial charge >= 0.3 is 38.3 Å². The molecule has 1 heterocycles. The fourth-order valence-corrected chi connectivity index (χ4v) is 0.863. The summed E-state index contributed by atoms with van der Waals surface area (Å²) in [5.74, 6) is 0.983. The van der Waals surface area contributed by atoms with Gasteiger partial charge in [-0.3, -0.25) is 8.83 Å². The first-order valence-electron chi connectivity index (χ1n) is 3.43. The predicted molar refractivity (Wildman–Crippen MR) is 45.3 cm³/mol. The van der Waals surface area contributed by atoms with Crippen LogP contribution in [-0.4, -0.2) is 5.75 Å². The molecular formula is C5H7F6O2PS. The van der Waals surface area contributed by atoms with Gasteiger partial charge in [0.2, 0.25) is 0 Å². The van der Waals surface area contributed by atoms with Crippen LogP contribution >= 0.6 is 19.6 Å². The Labute approximate surface area is 84.9 Å². The molecule has 0 saturated heterocycles. The normalized spacial score (nSPS) is 15.9. The van der Waals surface area contributed by atoms with Crippen LogP contribution in [0.2, 0.25) is 0 Å².